The maximum atomic E-state index is 12.7. The van der Waals surface area contributed by atoms with Crippen LogP contribution in [0.2, 0.25) is 5.15 Å². The number of H-pyrrole nitrogens is 1. The number of likely N-dealkylation sites (tertiary alicyclic amines) is 1. The number of ether oxygens (including phenoxy) is 2. The number of aromatic nitrogens is 2. The first kappa shape index (κ1) is 24.5. The quantitative estimate of drug-likeness (QED) is 0.470. The second-order valence-corrected chi connectivity index (χ2v) is 7.94. The highest BCUT2D eigenvalue weighted by atomic mass is 35.5. The molecule has 1 fully saturated rings. The van der Waals surface area contributed by atoms with Crippen molar-refractivity contribution in [3.05, 3.63) is 58.1 Å². The molecule has 0 aliphatic carbocycles. The lowest BCUT2D eigenvalue weighted by Gasteiger charge is -2.37. The van der Waals surface area contributed by atoms with Crippen LogP contribution in [0.25, 0.3) is 6.08 Å². The molecule has 1 aromatic carbocycles. The summed E-state index contributed by atoms with van der Waals surface area (Å²) in [4.78, 5) is 45.4. The van der Waals surface area contributed by atoms with Crippen molar-refractivity contribution in [2.75, 3.05) is 27.3 Å². The molecule has 1 aliphatic heterocycles. The van der Waals surface area contributed by atoms with Crippen LogP contribution in [0, 0.1) is 0 Å². The average Bonchev–Trinajstić information content (AvgIpc) is 3.23. The number of imidazole rings is 1. The molecule has 1 aromatic heterocycles. The van der Waals surface area contributed by atoms with Gasteiger partial charge in [0.1, 0.15) is 0 Å². The number of amides is 2. The number of nitrogens with one attached hydrogen (secondary N) is 2. The summed E-state index contributed by atoms with van der Waals surface area (Å²) < 4.78 is 10.2. The number of aromatic amines is 1. The zero-order valence-corrected chi connectivity index (χ0v) is 19.5. The van der Waals surface area contributed by atoms with E-state index in [4.69, 9.17) is 16.3 Å². The number of hydrogen-bond acceptors (Lipinski definition) is 6. The lowest BCUT2D eigenvalue weighted by Crippen LogP contribution is -2.55. The van der Waals surface area contributed by atoms with Gasteiger partial charge in [-0.15, -0.1) is 0 Å². The van der Waals surface area contributed by atoms with Gasteiger partial charge in [-0.3, -0.25) is 9.59 Å². The molecule has 0 bridgehead atoms. The first-order valence-corrected chi connectivity index (χ1v) is 11.0. The maximum absolute atomic E-state index is 12.7. The van der Waals surface area contributed by atoms with E-state index in [1.54, 1.807) is 42.4 Å². The van der Waals surface area contributed by atoms with E-state index in [0.717, 1.165) is 5.56 Å². The van der Waals surface area contributed by atoms with Gasteiger partial charge in [-0.05, 0) is 36.6 Å². The SMILES string of the molecule is CCc1[nH]c(C(=O)NC2CCN(C(=O)/C=C\c3ccc(C(=O)OC)cc3)CC2OC)nc1Cl. The molecule has 2 N–H and O–H groups in total. The molecule has 10 heteroatoms. The van der Waals surface area contributed by atoms with Crippen LogP contribution in [0.4, 0.5) is 0 Å². The molecule has 2 amide bonds. The lowest BCUT2D eigenvalue weighted by molar-refractivity contribution is -0.130. The van der Waals surface area contributed by atoms with Crippen molar-refractivity contribution in [3.8, 4) is 0 Å². The van der Waals surface area contributed by atoms with Gasteiger partial charge in [0.15, 0.2) is 11.0 Å². The number of nitrogens with zero attached hydrogens (tertiary/aromatic N) is 2. The number of carbonyl (C=O) groups excluding carboxylic acids is 3. The molecule has 0 radical (unpaired) electrons. The summed E-state index contributed by atoms with van der Waals surface area (Å²) in [6.45, 7) is 2.72. The normalized spacial score (nSPS) is 18.4. The van der Waals surface area contributed by atoms with E-state index in [-0.39, 0.29) is 34.9 Å². The topological polar surface area (TPSA) is 114 Å². The number of carbonyl (C=O) groups is 3. The van der Waals surface area contributed by atoms with Crippen LogP contribution in [-0.4, -0.2) is 72.1 Å². The van der Waals surface area contributed by atoms with Gasteiger partial charge in [0.05, 0.1) is 30.5 Å². The summed E-state index contributed by atoms with van der Waals surface area (Å²) >= 11 is 6.03. The molecule has 33 heavy (non-hydrogen) atoms. The molecule has 2 heterocycles. The van der Waals surface area contributed by atoms with Crippen LogP contribution in [0.1, 0.15) is 45.6 Å². The van der Waals surface area contributed by atoms with E-state index in [2.05, 4.69) is 20.0 Å². The van der Waals surface area contributed by atoms with Crippen LogP contribution < -0.4 is 5.32 Å². The van der Waals surface area contributed by atoms with Gasteiger partial charge < -0.3 is 24.7 Å². The molecule has 9 nitrogen and oxygen atoms in total. The number of halogens is 1. The predicted molar refractivity (Wildman–Crippen MR) is 123 cm³/mol. The Labute approximate surface area is 197 Å². The largest absolute Gasteiger partial charge is 0.465 e. The summed E-state index contributed by atoms with van der Waals surface area (Å²) in [7, 11) is 2.88. The molecule has 0 spiro atoms. The molecule has 2 atom stereocenters. The monoisotopic (exact) mass is 474 g/mol. The lowest BCUT2D eigenvalue weighted by atomic mass is 10.0. The molecule has 176 valence electrons. The van der Waals surface area contributed by atoms with E-state index in [1.807, 2.05) is 6.92 Å². The number of benzene rings is 1. The molecule has 0 saturated carbocycles. The third-order valence-electron chi connectivity index (χ3n) is 5.54. The van der Waals surface area contributed by atoms with Crippen LogP contribution >= 0.6 is 11.6 Å². The highest BCUT2D eigenvalue weighted by molar-refractivity contribution is 6.30. The second-order valence-electron chi connectivity index (χ2n) is 7.58. The number of esters is 1. The van der Waals surface area contributed by atoms with Gasteiger partial charge in [-0.25, -0.2) is 9.78 Å². The van der Waals surface area contributed by atoms with E-state index in [0.29, 0.717) is 37.2 Å². The van der Waals surface area contributed by atoms with E-state index in [1.165, 1.54) is 13.2 Å². The number of hydrogen-bond donors (Lipinski definition) is 2. The van der Waals surface area contributed by atoms with Crippen molar-refractivity contribution in [3.63, 3.8) is 0 Å². The van der Waals surface area contributed by atoms with Crippen molar-refractivity contribution in [2.45, 2.75) is 31.9 Å². The summed E-state index contributed by atoms with van der Waals surface area (Å²) in [5.41, 5.74) is 1.93. The van der Waals surface area contributed by atoms with E-state index < -0.39 is 5.97 Å². The number of rotatable bonds is 7. The minimum Gasteiger partial charge on any atom is -0.465 e. The van der Waals surface area contributed by atoms with Crippen LogP contribution in [0.15, 0.2) is 30.3 Å². The fourth-order valence-electron chi connectivity index (χ4n) is 3.61. The summed E-state index contributed by atoms with van der Waals surface area (Å²) in [6.07, 6.45) is 3.98. The minimum atomic E-state index is -0.414. The molecular weight excluding hydrogens is 448 g/mol. The Morgan fingerprint density at radius 1 is 1.27 bits per heavy atom. The molecular formula is C23H27ClN4O5. The average molecular weight is 475 g/mol. The van der Waals surface area contributed by atoms with Crippen molar-refractivity contribution in [1.29, 1.82) is 0 Å². The molecule has 1 aliphatic rings. The first-order valence-electron chi connectivity index (χ1n) is 10.6. The molecule has 2 aromatic rings. The Hall–Kier alpha value is -3.17. The summed E-state index contributed by atoms with van der Waals surface area (Å²) in [5.74, 6) is -0.780. The zero-order chi connectivity index (χ0) is 24.0. The Kier molecular flexibility index (Phi) is 8.24. The molecule has 1 saturated heterocycles. The van der Waals surface area contributed by atoms with Crippen molar-refractivity contribution >= 4 is 35.5 Å². The fraction of sp³-hybridized carbons (Fsp3) is 0.391. The van der Waals surface area contributed by atoms with Crippen LogP contribution in [0.3, 0.4) is 0 Å². The van der Waals surface area contributed by atoms with Gasteiger partial charge >= 0.3 is 5.97 Å². The van der Waals surface area contributed by atoms with Gasteiger partial charge in [-0.1, -0.05) is 30.7 Å². The Balaban J connectivity index is 1.57. The predicted octanol–water partition coefficient (Wildman–Crippen LogP) is 2.47. The maximum Gasteiger partial charge on any atom is 0.337 e. The van der Waals surface area contributed by atoms with Gasteiger partial charge in [0, 0.05) is 26.3 Å². The summed E-state index contributed by atoms with van der Waals surface area (Å²) in [5, 5.41) is 3.22. The fourth-order valence-corrected chi connectivity index (χ4v) is 3.87. The van der Waals surface area contributed by atoms with Crippen molar-refractivity contribution in [2.24, 2.45) is 0 Å². The van der Waals surface area contributed by atoms with E-state index in [9.17, 15) is 14.4 Å². The third kappa shape index (κ3) is 6.00. The minimum absolute atomic E-state index is 0.159. The third-order valence-corrected chi connectivity index (χ3v) is 5.85. The standard InChI is InChI=1S/C23H27ClN4O5/c1-4-16-20(24)27-21(25-16)22(30)26-17-11-12-28(13-18(17)32-2)19(29)10-7-14-5-8-15(9-6-14)23(31)33-3/h5-10,17-18H,4,11-13H2,1-3H3,(H,25,27)(H,26,30)/b10-7-. The molecule has 2 unspecified atom stereocenters. The summed E-state index contributed by atoms with van der Waals surface area (Å²) in [6, 6.07) is 6.48. The van der Waals surface area contributed by atoms with Gasteiger partial charge in [0.25, 0.3) is 5.91 Å². The van der Waals surface area contributed by atoms with E-state index >= 15 is 0 Å². The zero-order valence-electron chi connectivity index (χ0n) is 18.8. The number of aryl methyl sites for hydroxylation is 1. The van der Waals surface area contributed by atoms with Crippen LogP contribution in [-0.2, 0) is 20.7 Å². The molecule has 3 rings (SSSR count). The van der Waals surface area contributed by atoms with Crippen molar-refractivity contribution in [1.82, 2.24) is 20.2 Å². The van der Waals surface area contributed by atoms with Crippen molar-refractivity contribution < 1.29 is 23.9 Å². The highest BCUT2D eigenvalue weighted by Gasteiger charge is 2.32. The smallest absolute Gasteiger partial charge is 0.337 e. The van der Waals surface area contributed by atoms with Gasteiger partial charge in [-0.2, -0.15) is 0 Å². The van der Waals surface area contributed by atoms with Crippen LogP contribution in [0.5, 0.6) is 0 Å². The Morgan fingerprint density at radius 3 is 2.61 bits per heavy atom. The van der Waals surface area contributed by atoms with Gasteiger partial charge in [0.2, 0.25) is 5.91 Å². The number of piperidine rings is 1. The highest BCUT2D eigenvalue weighted by Crippen LogP contribution is 2.17. The Morgan fingerprint density at radius 2 is 2.00 bits per heavy atom. The first-order chi connectivity index (χ1) is 15.9. The number of methoxy groups -OCH3 is 2. The second kappa shape index (κ2) is 11.1. The Bertz CT molecular complexity index is 1030.